The fraction of sp³-hybridized carbons (Fsp3) is 1.00. The first-order valence-corrected chi connectivity index (χ1v) is 5.99. The Bertz CT molecular complexity index is 233. The van der Waals surface area contributed by atoms with Gasteiger partial charge in [0.15, 0.2) is 0 Å². The van der Waals surface area contributed by atoms with E-state index in [2.05, 4.69) is 4.72 Å². The van der Waals surface area contributed by atoms with E-state index in [1.165, 1.54) is 0 Å². The van der Waals surface area contributed by atoms with Crippen LogP contribution in [0, 0.1) is 0 Å². The van der Waals surface area contributed by atoms with E-state index in [1.54, 1.807) is 0 Å². The number of rotatable bonds is 5. The quantitative estimate of drug-likeness (QED) is 0.614. The Kier molecular flexibility index (Phi) is 4.11. The van der Waals surface area contributed by atoms with Crippen molar-refractivity contribution in [3.05, 3.63) is 0 Å². The number of sulfonamides is 1. The van der Waals surface area contributed by atoms with Crippen LogP contribution in [0.1, 0.15) is 12.8 Å². The largest absolute Gasteiger partial charge is 0.395 e. The first kappa shape index (κ1) is 10.9. The molecule has 0 aliphatic carbocycles. The van der Waals surface area contributed by atoms with Crippen molar-refractivity contribution in [2.75, 3.05) is 25.5 Å². The fourth-order valence-corrected chi connectivity index (χ4v) is 2.04. The van der Waals surface area contributed by atoms with Gasteiger partial charge >= 0.3 is 0 Å². The summed E-state index contributed by atoms with van der Waals surface area (Å²) in [6.07, 6.45) is 1.90. The van der Waals surface area contributed by atoms with Gasteiger partial charge in [-0.15, -0.1) is 0 Å². The lowest BCUT2D eigenvalue weighted by Gasteiger charge is -2.10. The first-order chi connectivity index (χ1) is 6.14. The van der Waals surface area contributed by atoms with Crippen molar-refractivity contribution in [3.63, 3.8) is 0 Å². The number of hydrogen-bond donors (Lipinski definition) is 2. The van der Waals surface area contributed by atoms with Gasteiger partial charge in [-0.1, -0.05) is 0 Å². The molecule has 1 rings (SSSR count). The van der Waals surface area contributed by atoms with Gasteiger partial charge in [0.2, 0.25) is 10.0 Å². The van der Waals surface area contributed by atoms with Crippen molar-refractivity contribution in [1.82, 2.24) is 4.72 Å². The summed E-state index contributed by atoms with van der Waals surface area (Å²) in [4.78, 5) is 0. The minimum atomic E-state index is -3.30. The maximum absolute atomic E-state index is 11.1. The molecule has 0 bridgehead atoms. The van der Waals surface area contributed by atoms with E-state index in [-0.39, 0.29) is 18.5 Å². The molecule has 6 heteroatoms. The summed E-state index contributed by atoms with van der Waals surface area (Å²) in [6, 6.07) is 0. The molecule has 0 aromatic carbocycles. The van der Waals surface area contributed by atoms with Crippen LogP contribution in [0.25, 0.3) is 0 Å². The molecule has 1 unspecified atom stereocenters. The number of aliphatic hydroxyl groups is 1. The molecule has 0 saturated carbocycles. The molecule has 1 saturated heterocycles. The van der Waals surface area contributed by atoms with Crippen LogP contribution in [0.3, 0.4) is 0 Å². The van der Waals surface area contributed by atoms with E-state index in [9.17, 15) is 8.42 Å². The fourth-order valence-electron chi connectivity index (χ4n) is 1.22. The predicted octanol–water partition coefficient (Wildman–Crippen LogP) is -0.923. The van der Waals surface area contributed by atoms with E-state index in [0.717, 1.165) is 12.8 Å². The lowest BCUT2D eigenvalue weighted by Crippen LogP contribution is -2.34. The highest BCUT2D eigenvalue weighted by Gasteiger charge is 2.18. The van der Waals surface area contributed by atoms with Crippen LogP contribution in [0.2, 0.25) is 0 Å². The minimum Gasteiger partial charge on any atom is -0.395 e. The lowest BCUT2D eigenvalue weighted by molar-refractivity contribution is 0.114. The Morgan fingerprint density at radius 1 is 1.54 bits per heavy atom. The Balaban J connectivity index is 2.24. The highest BCUT2D eigenvalue weighted by atomic mass is 32.2. The van der Waals surface area contributed by atoms with Gasteiger partial charge in [0.05, 0.1) is 18.5 Å². The number of aliphatic hydroxyl groups excluding tert-OH is 1. The SMILES string of the molecule is O=S(=O)(CCO)NCC1CCCO1. The van der Waals surface area contributed by atoms with Crippen molar-refractivity contribution in [2.45, 2.75) is 18.9 Å². The standard InChI is InChI=1S/C7H15NO4S/c9-3-5-13(10,11)8-6-7-2-1-4-12-7/h7-9H,1-6H2. The lowest BCUT2D eigenvalue weighted by atomic mass is 10.2. The van der Waals surface area contributed by atoms with Crippen molar-refractivity contribution in [1.29, 1.82) is 0 Å². The van der Waals surface area contributed by atoms with E-state index in [1.807, 2.05) is 0 Å². The summed E-state index contributed by atoms with van der Waals surface area (Å²) >= 11 is 0. The van der Waals surface area contributed by atoms with Crippen LogP contribution >= 0.6 is 0 Å². The van der Waals surface area contributed by atoms with Gasteiger partial charge in [-0.05, 0) is 12.8 Å². The Morgan fingerprint density at radius 3 is 2.85 bits per heavy atom. The smallest absolute Gasteiger partial charge is 0.213 e. The predicted molar refractivity (Wildman–Crippen MR) is 47.8 cm³/mol. The second-order valence-electron chi connectivity index (χ2n) is 3.03. The highest BCUT2D eigenvalue weighted by Crippen LogP contribution is 2.10. The molecule has 1 atom stereocenters. The van der Waals surface area contributed by atoms with Gasteiger partial charge in [-0.3, -0.25) is 0 Å². The number of nitrogens with one attached hydrogen (secondary N) is 1. The zero-order valence-corrected chi connectivity index (χ0v) is 8.22. The summed E-state index contributed by atoms with van der Waals surface area (Å²) in [5, 5.41) is 8.44. The molecule has 0 radical (unpaired) electrons. The second kappa shape index (κ2) is 4.90. The highest BCUT2D eigenvalue weighted by molar-refractivity contribution is 7.89. The maximum Gasteiger partial charge on any atom is 0.213 e. The molecule has 1 fully saturated rings. The summed E-state index contributed by atoms with van der Waals surface area (Å²) in [6.45, 7) is 0.690. The van der Waals surface area contributed by atoms with Crippen LogP contribution in [0.4, 0.5) is 0 Å². The Labute approximate surface area is 78.1 Å². The molecule has 13 heavy (non-hydrogen) atoms. The molecule has 0 aromatic rings. The molecule has 0 aromatic heterocycles. The Morgan fingerprint density at radius 2 is 2.31 bits per heavy atom. The van der Waals surface area contributed by atoms with Crippen molar-refractivity contribution in [3.8, 4) is 0 Å². The molecular formula is C7H15NO4S. The van der Waals surface area contributed by atoms with Gasteiger partial charge in [-0.25, -0.2) is 13.1 Å². The van der Waals surface area contributed by atoms with Crippen LogP contribution in [-0.4, -0.2) is 45.1 Å². The van der Waals surface area contributed by atoms with Gasteiger partial charge in [0.25, 0.3) is 0 Å². The van der Waals surface area contributed by atoms with Crippen LogP contribution in [0.15, 0.2) is 0 Å². The van der Waals surface area contributed by atoms with E-state index >= 15 is 0 Å². The second-order valence-corrected chi connectivity index (χ2v) is 4.95. The van der Waals surface area contributed by atoms with E-state index in [0.29, 0.717) is 13.2 Å². The van der Waals surface area contributed by atoms with Gasteiger partial charge in [-0.2, -0.15) is 0 Å². The molecule has 78 valence electrons. The molecule has 1 aliphatic rings. The number of ether oxygens (including phenoxy) is 1. The average Bonchev–Trinajstić information content (AvgIpc) is 2.52. The van der Waals surface area contributed by atoms with E-state index in [4.69, 9.17) is 9.84 Å². The zero-order valence-electron chi connectivity index (χ0n) is 7.40. The summed E-state index contributed by atoms with van der Waals surface area (Å²) in [5.74, 6) is -0.236. The maximum atomic E-state index is 11.1. The Hall–Kier alpha value is -0.170. The summed E-state index contributed by atoms with van der Waals surface area (Å²) in [7, 11) is -3.30. The summed E-state index contributed by atoms with van der Waals surface area (Å²) in [5.41, 5.74) is 0. The van der Waals surface area contributed by atoms with Crippen molar-refractivity contribution >= 4 is 10.0 Å². The minimum absolute atomic E-state index is 0.00784. The average molecular weight is 209 g/mol. The van der Waals surface area contributed by atoms with Crippen LogP contribution in [0.5, 0.6) is 0 Å². The molecule has 0 spiro atoms. The van der Waals surface area contributed by atoms with Crippen LogP contribution in [-0.2, 0) is 14.8 Å². The summed E-state index contributed by atoms with van der Waals surface area (Å²) < 4.78 is 29.7. The molecule has 5 nitrogen and oxygen atoms in total. The number of hydrogen-bond acceptors (Lipinski definition) is 4. The van der Waals surface area contributed by atoms with E-state index < -0.39 is 10.0 Å². The molecule has 1 heterocycles. The van der Waals surface area contributed by atoms with Gasteiger partial charge < -0.3 is 9.84 Å². The first-order valence-electron chi connectivity index (χ1n) is 4.34. The normalized spacial score (nSPS) is 23.6. The van der Waals surface area contributed by atoms with Crippen molar-refractivity contribution < 1.29 is 18.3 Å². The molecule has 1 aliphatic heterocycles. The third-order valence-corrected chi connectivity index (χ3v) is 3.24. The monoisotopic (exact) mass is 209 g/mol. The van der Waals surface area contributed by atoms with Gasteiger partial charge in [0, 0.05) is 13.2 Å². The van der Waals surface area contributed by atoms with Gasteiger partial charge in [0.1, 0.15) is 0 Å². The third kappa shape index (κ3) is 4.04. The molecule has 2 N–H and O–H groups in total. The van der Waals surface area contributed by atoms with Crippen molar-refractivity contribution in [2.24, 2.45) is 0 Å². The third-order valence-electron chi connectivity index (χ3n) is 1.91. The topological polar surface area (TPSA) is 75.6 Å². The van der Waals surface area contributed by atoms with Crippen LogP contribution < -0.4 is 4.72 Å². The molecule has 0 amide bonds. The molecular weight excluding hydrogens is 194 g/mol. The zero-order chi connectivity index (χ0) is 9.73.